The molecule has 1 N–H and O–H groups in total. The number of hydrogen-bond acceptors (Lipinski definition) is 3. The third kappa shape index (κ3) is 5.06. The van der Waals surface area contributed by atoms with E-state index in [0.717, 1.165) is 17.0 Å². The van der Waals surface area contributed by atoms with Gasteiger partial charge in [0, 0.05) is 23.3 Å². The maximum atomic E-state index is 12.1. The van der Waals surface area contributed by atoms with Crippen LogP contribution in [0, 0.1) is 0 Å². The number of halogens is 1. The second-order valence-electron chi connectivity index (χ2n) is 5.45. The Hall–Kier alpha value is -2.85. The highest BCUT2D eigenvalue weighted by Gasteiger charge is 2.05. The van der Waals surface area contributed by atoms with E-state index < -0.39 is 0 Å². The monoisotopic (exact) mass is 352 g/mol. The third-order valence-corrected chi connectivity index (χ3v) is 3.81. The highest BCUT2D eigenvalue weighted by Crippen LogP contribution is 2.14. The van der Waals surface area contributed by atoms with Gasteiger partial charge in [-0.1, -0.05) is 35.9 Å². The molecule has 2 aromatic carbocycles. The van der Waals surface area contributed by atoms with Crippen molar-refractivity contribution in [2.24, 2.45) is 0 Å². The standard InChI is InChI=1S/C20H17ClN2O2/c21-17-5-3-4-16(12-17)20(24)23-13-15-7-9-19(10-8-15)25-14-18-6-1-2-11-22-18/h1-12H,13-14H2,(H,23,24). The predicted molar refractivity (Wildman–Crippen MR) is 97.6 cm³/mol. The van der Waals surface area contributed by atoms with Crippen molar-refractivity contribution >= 4 is 17.5 Å². The minimum absolute atomic E-state index is 0.155. The van der Waals surface area contributed by atoms with Gasteiger partial charge in [0.2, 0.25) is 0 Å². The summed E-state index contributed by atoms with van der Waals surface area (Å²) < 4.78 is 5.69. The van der Waals surface area contributed by atoms with E-state index in [0.29, 0.717) is 23.7 Å². The topological polar surface area (TPSA) is 51.2 Å². The van der Waals surface area contributed by atoms with Gasteiger partial charge in [0.1, 0.15) is 12.4 Å². The summed E-state index contributed by atoms with van der Waals surface area (Å²) in [6, 6.07) is 20.2. The lowest BCUT2D eigenvalue weighted by Gasteiger charge is -2.08. The van der Waals surface area contributed by atoms with Crippen molar-refractivity contribution in [3.63, 3.8) is 0 Å². The zero-order chi connectivity index (χ0) is 17.5. The molecule has 0 bridgehead atoms. The average Bonchev–Trinajstić information content (AvgIpc) is 2.66. The van der Waals surface area contributed by atoms with Crippen LogP contribution < -0.4 is 10.1 Å². The van der Waals surface area contributed by atoms with Crippen LogP contribution in [0.15, 0.2) is 72.9 Å². The summed E-state index contributed by atoms with van der Waals surface area (Å²) in [6.45, 7) is 0.859. The molecule has 3 rings (SSSR count). The molecule has 5 heteroatoms. The van der Waals surface area contributed by atoms with Gasteiger partial charge in [-0.15, -0.1) is 0 Å². The molecule has 0 fully saturated rings. The summed E-state index contributed by atoms with van der Waals surface area (Å²) in [6.07, 6.45) is 1.74. The summed E-state index contributed by atoms with van der Waals surface area (Å²) in [5.41, 5.74) is 2.41. The van der Waals surface area contributed by atoms with Crippen molar-refractivity contribution in [3.8, 4) is 5.75 Å². The van der Waals surface area contributed by atoms with Crippen LogP contribution in [0.25, 0.3) is 0 Å². The van der Waals surface area contributed by atoms with Crippen molar-refractivity contribution in [1.82, 2.24) is 10.3 Å². The van der Waals surface area contributed by atoms with Gasteiger partial charge in [-0.3, -0.25) is 9.78 Å². The first kappa shape index (κ1) is 17.0. The Morgan fingerprint density at radius 3 is 2.60 bits per heavy atom. The van der Waals surface area contributed by atoms with Crippen molar-refractivity contribution in [3.05, 3.63) is 94.8 Å². The Balaban J connectivity index is 1.51. The van der Waals surface area contributed by atoms with Crippen LogP contribution in [-0.2, 0) is 13.2 Å². The molecule has 126 valence electrons. The zero-order valence-electron chi connectivity index (χ0n) is 13.5. The summed E-state index contributed by atoms with van der Waals surface area (Å²) in [5.74, 6) is 0.605. The SMILES string of the molecule is O=C(NCc1ccc(OCc2ccccn2)cc1)c1cccc(Cl)c1. The molecule has 3 aromatic rings. The van der Waals surface area contributed by atoms with Crippen molar-refractivity contribution < 1.29 is 9.53 Å². The van der Waals surface area contributed by atoms with E-state index in [4.69, 9.17) is 16.3 Å². The molecule has 1 heterocycles. The van der Waals surface area contributed by atoms with E-state index in [1.165, 1.54) is 0 Å². The van der Waals surface area contributed by atoms with E-state index in [1.807, 2.05) is 42.5 Å². The summed E-state index contributed by atoms with van der Waals surface area (Å²) in [7, 11) is 0. The van der Waals surface area contributed by atoms with E-state index >= 15 is 0 Å². The lowest BCUT2D eigenvalue weighted by molar-refractivity contribution is 0.0951. The fourth-order valence-electron chi connectivity index (χ4n) is 2.26. The molecule has 1 aromatic heterocycles. The van der Waals surface area contributed by atoms with Gasteiger partial charge in [0.05, 0.1) is 5.69 Å². The maximum absolute atomic E-state index is 12.1. The number of rotatable bonds is 6. The molecule has 0 aliphatic carbocycles. The molecular weight excluding hydrogens is 336 g/mol. The molecule has 0 aliphatic heterocycles. The zero-order valence-corrected chi connectivity index (χ0v) is 14.2. The van der Waals surface area contributed by atoms with Crippen LogP contribution in [0.1, 0.15) is 21.6 Å². The van der Waals surface area contributed by atoms with Crippen LogP contribution in [0.4, 0.5) is 0 Å². The van der Waals surface area contributed by atoms with Crippen LogP contribution in [0.3, 0.4) is 0 Å². The van der Waals surface area contributed by atoms with Crippen LogP contribution in [0.2, 0.25) is 5.02 Å². The molecule has 0 saturated carbocycles. The Labute approximate surface area is 151 Å². The number of carbonyl (C=O) groups excluding carboxylic acids is 1. The lowest BCUT2D eigenvalue weighted by atomic mass is 10.2. The molecule has 0 radical (unpaired) electrons. The minimum Gasteiger partial charge on any atom is -0.487 e. The summed E-state index contributed by atoms with van der Waals surface area (Å²) >= 11 is 5.90. The van der Waals surface area contributed by atoms with Crippen LogP contribution in [-0.4, -0.2) is 10.9 Å². The van der Waals surface area contributed by atoms with Crippen molar-refractivity contribution in [1.29, 1.82) is 0 Å². The Morgan fingerprint density at radius 2 is 1.88 bits per heavy atom. The lowest BCUT2D eigenvalue weighted by Crippen LogP contribution is -2.22. The van der Waals surface area contributed by atoms with E-state index in [-0.39, 0.29) is 5.91 Å². The first-order chi connectivity index (χ1) is 12.2. The average molecular weight is 353 g/mol. The number of carbonyl (C=O) groups is 1. The number of nitrogens with one attached hydrogen (secondary N) is 1. The van der Waals surface area contributed by atoms with Gasteiger partial charge in [0.25, 0.3) is 5.91 Å². The summed E-state index contributed by atoms with van der Waals surface area (Å²) in [5, 5.41) is 3.41. The highest BCUT2D eigenvalue weighted by molar-refractivity contribution is 6.30. The predicted octanol–water partition coefficient (Wildman–Crippen LogP) is 4.24. The van der Waals surface area contributed by atoms with Crippen LogP contribution in [0.5, 0.6) is 5.75 Å². The summed E-state index contributed by atoms with van der Waals surface area (Å²) in [4.78, 5) is 16.3. The maximum Gasteiger partial charge on any atom is 0.251 e. The minimum atomic E-state index is -0.155. The second-order valence-corrected chi connectivity index (χ2v) is 5.88. The van der Waals surface area contributed by atoms with Gasteiger partial charge in [-0.2, -0.15) is 0 Å². The Kier molecular flexibility index (Phi) is 5.65. The van der Waals surface area contributed by atoms with Gasteiger partial charge in [-0.25, -0.2) is 0 Å². The van der Waals surface area contributed by atoms with Gasteiger partial charge in [-0.05, 0) is 48.0 Å². The fourth-order valence-corrected chi connectivity index (χ4v) is 2.45. The quantitative estimate of drug-likeness (QED) is 0.721. The Bertz CT molecular complexity index is 836. The number of benzene rings is 2. The first-order valence-electron chi connectivity index (χ1n) is 7.86. The normalized spacial score (nSPS) is 10.3. The molecule has 1 amide bonds. The molecule has 25 heavy (non-hydrogen) atoms. The van der Waals surface area contributed by atoms with Gasteiger partial charge >= 0.3 is 0 Å². The third-order valence-electron chi connectivity index (χ3n) is 3.58. The number of hydrogen-bond donors (Lipinski definition) is 1. The van der Waals surface area contributed by atoms with E-state index in [9.17, 15) is 4.79 Å². The molecule has 0 saturated heterocycles. The number of amides is 1. The number of ether oxygens (including phenoxy) is 1. The molecule has 0 atom stereocenters. The smallest absolute Gasteiger partial charge is 0.251 e. The van der Waals surface area contributed by atoms with Gasteiger partial charge in [0.15, 0.2) is 0 Å². The number of nitrogens with zero attached hydrogens (tertiary/aromatic N) is 1. The van der Waals surface area contributed by atoms with Crippen molar-refractivity contribution in [2.75, 3.05) is 0 Å². The molecular formula is C20H17ClN2O2. The van der Waals surface area contributed by atoms with Crippen molar-refractivity contribution in [2.45, 2.75) is 13.2 Å². The number of aromatic nitrogens is 1. The largest absolute Gasteiger partial charge is 0.487 e. The van der Waals surface area contributed by atoms with E-state index in [2.05, 4.69) is 10.3 Å². The number of pyridine rings is 1. The van der Waals surface area contributed by atoms with E-state index in [1.54, 1.807) is 30.5 Å². The van der Waals surface area contributed by atoms with Crippen LogP contribution >= 0.6 is 11.6 Å². The first-order valence-corrected chi connectivity index (χ1v) is 8.24. The highest BCUT2D eigenvalue weighted by atomic mass is 35.5. The Morgan fingerprint density at radius 1 is 1.04 bits per heavy atom. The molecule has 0 spiro atoms. The van der Waals surface area contributed by atoms with Gasteiger partial charge < -0.3 is 10.1 Å². The second kappa shape index (κ2) is 8.31. The molecule has 4 nitrogen and oxygen atoms in total. The molecule has 0 unspecified atom stereocenters. The fraction of sp³-hybridized carbons (Fsp3) is 0.100. The molecule has 0 aliphatic rings.